The molecule has 4 nitrogen and oxygen atoms in total. The highest BCUT2D eigenvalue weighted by molar-refractivity contribution is 5.69. The van der Waals surface area contributed by atoms with Crippen molar-refractivity contribution in [2.45, 2.75) is 193 Å². The molecule has 0 aromatic carbocycles. The van der Waals surface area contributed by atoms with Gasteiger partial charge in [-0.1, -0.05) is 129 Å². The Kier molecular flexibility index (Phi) is 29.2. The molecule has 38 heavy (non-hydrogen) atoms. The highest BCUT2D eigenvalue weighted by atomic mass is 16.5. The van der Waals surface area contributed by atoms with Crippen LogP contribution in [0.5, 0.6) is 0 Å². The number of hydrogen-bond acceptors (Lipinski definition) is 3. The summed E-state index contributed by atoms with van der Waals surface area (Å²) in [6.07, 6.45) is 35.0. The summed E-state index contributed by atoms with van der Waals surface area (Å²) < 4.78 is 5.96. The summed E-state index contributed by atoms with van der Waals surface area (Å²) in [4.78, 5) is 23.1. The lowest BCUT2D eigenvalue weighted by molar-refractivity contribution is -0.150. The lowest BCUT2D eigenvalue weighted by atomic mass is 10.0. The van der Waals surface area contributed by atoms with Gasteiger partial charge in [0, 0.05) is 12.8 Å². The van der Waals surface area contributed by atoms with Crippen LogP contribution in [0.25, 0.3) is 0 Å². The van der Waals surface area contributed by atoms with Crippen molar-refractivity contribution in [1.82, 2.24) is 0 Å². The van der Waals surface area contributed by atoms with Gasteiger partial charge < -0.3 is 9.84 Å². The second-order valence-electron chi connectivity index (χ2n) is 11.3. The molecule has 0 saturated carbocycles. The van der Waals surface area contributed by atoms with E-state index in [2.05, 4.69) is 26.0 Å². The molecule has 0 fully saturated rings. The van der Waals surface area contributed by atoms with E-state index in [4.69, 9.17) is 9.84 Å². The standard InChI is InChI=1S/C34H64O4/c1-3-5-7-9-11-13-14-15-17-23-27-31-34(37)38-32(28-24-20-16-12-10-8-6-4-2)29-25-21-18-19-22-26-30-33(35)36/h9,11,32H,3-8,10,12-31H2,1-2H3,(H,35,36)/b11-9-. The van der Waals surface area contributed by atoms with E-state index in [0.717, 1.165) is 70.6 Å². The summed E-state index contributed by atoms with van der Waals surface area (Å²) in [6.45, 7) is 4.49. The van der Waals surface area contributed by atoms with Crippen LogP contribution in [0.2, 0.25) is 0 Å². The zero-order valence-corrected chi connectivity index (χ0v) is 25.5. The quantitative estimate of drug-likeness (QED) is 0.0563. The van der Waals surface area contributed by atoms with Crippen molar-refractivity contribution in [2.75, 3.05) is 0 Å². The molecule has 0 heterocycles. The predicted molar refractivity (Wildman–Crippen MR) is 163 cm³/mol. The highest BCUT2D eigenvalue weighted by Crippen LogP contribution is 2.19. The van der Waals surface area contributed by atoms with E-state index in [-0.39, 0.29) is 18.5 Å². The van der Waals surface area contributed by atoms with Crippen molar-refractivity contribution < 1.29 is 19.4 Å². The van der Waals surface area contributed by atoms with Crippen molar-refractivity contribution in [3.8, 4) is 0 Å². The molecule has 0 aromatic rings. The molecule has 0 aliphatic heterocycles. The Labute approximate surface area is 236 Å². The number of carbonyl (C=O) groups is 2. The van der Waals surface area contributed by atoms with E-state index < -0.39 is 5.97 Å². The highest BCUT2D eigenvalue weighted by Gasteiger charge is 2.14. The number of rotatable bonds is 30. The molecule has 0 spiro atoms. The van der Waals surface area contributed by atoms with Crippen molar-refractivity contribution in [1.29, 1.82) is 0 Å². The monoisotopic (exact) mass is 536 g/mol. The molecule has 224 valence electrons. The molecule has 0 aromatic heterocycles. The Morgan fingerprint density at radius 2 is 0.974 bits per heavy atom. The number of allylic oxidation sites excluding steroid dienone is 2. The molecule has 1 unspecified atom stereocenters. The van der Waals surface area contributed by atoms with Crippen LogP contribution in [0.3, 0.4) is 0 Å². The zero-order chi connectivity index (χ0) is 27.9. The van der Waals surface area contributed by atoms with Gasteiger partial charge in [-0.05, 0) is 57.8 Å². The average molecular weight is 537 g/mol. The third-order valence-corrected chi connectivity index (χ3v) is 7.49. The number of carboxylic acid groups (broad SMARTS) is 1. The van der Waals surface area contributed by atoms with Gasteiger partial charge in [-0.15, -0.1) is 0 Å². The Morgan fingerprint density at radius 1 is 0.553 bits per heavy atom. The first-order chi connectivity index (χ1) is 18.6. The van der Waals surface area contributed by atoms with Gasteiger partial charge in [0.05, 0.1) is 0 Å². The number of esters is 1. The Hall–Kier alpha value is -1.32. The van der Waals surface area contributed by atoms with Crippen LogP contribution >= 0.6 is 0 Å². The van der Waals surface area contributed by atoms with E-state index in [9.17, 15) is 9.59 Å². The molecule has 0 aliphatic carbocycles. The van der Waals surface area contributed by atoms with Crippen LogP contribution in [-0.4, -0.2) is 23.1 Å². The smallest absolute Gasteiger partial charge is 0.306 e. The normalized spacial score (nSPS) is 12.3. The maximum absolute atomic E-state index is 12.5. The SMILES string of the molecule is CCCC/C=C\CCCCCCCC(=O)OC(CCCCCCCCCC)CCCCCCCCC(=O)O. The number of unbranched alkanes of at least 4 members (excludes halogenated alkanes) is 19. The molecule has 0 rings (SSSR count). The minimum atomic E-state index is -0.693. The molecule has 0 aliphatic rings. The van der Waals surface area contributed by atoms with Crippen LogP contribution in [-0.2, 0) is 14.3 Å². The third kappa shape index (κ3) is 29.2. The van der Waals surface area contributed by atoms with Crippen molar-refractivity contribution in [3.05, 3.63) is 12.2 Å². The molecule has 0 saturated heterocycles. The number of carbonyl (C=O) groups excluding carboxylic acids is 1. The first-order valence-corrected chi connectivity index (χ1v) is 16.7. The van der Waals surface area contributed by atoms with E-state index in [1.807, 2.05) is 0 Å². The van der Waals surface area contributed by atoms with E-state index in [1.54, 1.807) is 0 Å². The minimum absolute atomic E-state index is 0.00194. The summed E-state index contributed by atoms with van der Waals surface area (Å²) in [5.74, 6) is -0.691. The predicted octanol–water partition coefficient (Wildman–Crippen LogP) is 11.1. The molecule has 0 radical (unpaired) electrons. The lowest BCUT2D eigenvalue weighted by Gasteiger charge is -2.18. The van der Waals surface area contributed by atoms with Crippen molar-refractivity contribution >= 4 is 11.9 Å². The van der Waals surface area contributed by atoms with Gasteiger partial charge in [0.1, 0.15) is 6.10 Å². The van der Waals surface area contributed by atoms with E-state index in [0.29, 0.717) is 6.42 Å². The van der Waals surface area contributed by atoms with E-state index in [1.165, 1.54) is 89.9 Å². The van der Waals surface area contributed by atoms with Crippen LogP contribution in [0, 0.1) is 0 Å². The fourth-order valence-electron chi connectivity index (χ4n) is 4.99. The Balaban J connectivity index is 4.06. The molecule has 0 amide bonds. The average Bonchev–Trinajstić information content (AvgIpc) is 2.89. The van der Waals surface area contributed by atoms with Gasteiger partial charge in [0.2, 0.25) is 0 Å². The summed E-state index contributed by atoms with van der Waals surface area (Å²) in [5, 5.41) is 8.74. The van der Waals surface area contributed by atoms with Gasteiger partial charge in [-0.2, -0.15) is 0 Å². The van der Waals surface area contributed by atoms with E-state index >= 15 is 0 Å². The number of carboxylic acids is 1. The largest absolute Gasteiger partial charge is 0.481 e. The Morgan fingerprint density at radius 3 is 1.50 bits per heavy atom. The van der Waals surface area contributed by atoms with Gasteiger partial charge in [0.15, 0.2) is 0 Å². The topological polar surface area (TPSA) is 63.6 Å². The Bertz CT molecular complexity index is 543. The van der Waals surface area contributed by atoms with Crippen LogP contribution in [0.1, 0.15) is 187 Å². The first kappa shape index (κ1) is 36.7. The fourth-order valence-corrected chi connectivity index (χ4v) is 4.99. The number of aliphatic carboxylic acids is 1. The number of hydrogen-bond donors (Lipinski definition) is 1. The summed E-state index contributed by atoms with van der Waals surface area (Å²) in [5.41, 5.74) is 0. The summed E-state index contributed by atoms with van der Waals surface area (Å²) in [6, 6.07) is 0. The van der Waals surface area contributed by atoms with Crippen LogP contribution in [0.4, 0.5) is 0 Å². The summed E-state index contributed by atoms with van der Waals surface area (Å²) in [7, 11) is 0. The van der Waals surface area contributed by atoms with Gasteiger partial charge in [-0.3, -0.25) is 9.59 Å². The lowest BCUT2D eigenvalue weighted by Crippen LogP contribution is -2.18. The molecule has 0 bridgehead atoms. The van der Waals surface area contributed by atoms with Crippen molar-refractivity contribution in [3.63, 3.8) is 0 Å². The minimum Gasteiger partial charge on any atom is -0.481 e. The fraction of sp³-hybridized carbons (Fsp3) is 0.882. The maximum atomic E-state index is 12.5. The molecular formula is C34H64O4. The molecular weight excluding hydrogens is 472 g/mol. The third-order valence-electron chi connectivity index (χ3n) is 7.49. The maximum Gasteiger partial charge on any atom is 0.306 e. The van der Waals surface area contributed by atoms with Gasteiger partial charge >= 0.3 is 11.9 Å². The molecule has 1 atom stereocenters. The second-order valence-corrected chi connectivity index (χ2v) is 11.3. The second kappa shape index (κ2) is 30.2. The first-order valence-electron chi connectivity index (χ1n) is 16.7. The molecule has 4 heteroatoms. The van der Waals surface area contributed by atoms with Crippen LogP contribution < -0.4 is 0 Å². The van der Waals surface area contributed by atoms with Crippen molar-refractivity contribution in [2.24, 2.45) is 0 Å². The molecule has 1 N–H and O–H groups in total. The summed E-state index contributed by atoms with van der Waals surface area (Å²) >= 11 is 0. The van der Waals surface area contributed by atoms with Gasteiger partial charge in [-0.25, -0.2) is 0 Å². The van der Waals surface area contributed by atoms with Crippen LogP contribution in [0.15, 0.2) is 12.2 Å². The number of ether oxygens (including phenoxy) is 1. The van der Waals surface area contributed by atoms with Gasteiger partial charge in [0.25, 0.3) is 0 Å². The zero-order valence-electron chi connectivity index (χ0n) is 25.5.